The van der Waals surface area contributed by atoms with Crippen LogP contribution in [0.3, 0.4) is 0 Å². The molecule has 2 rings (SSSR count). The Kier molecular flexibility index (Phi) is 4.75. The van der Waals surface area contributed by atoms with Gasteiger partial charge in [0.1, 0.15) is 0 Å². The molecule has 0 radical (unpaired) electrons. The van der Waals surface area contributed by atoms with E-state index in [1.165, 1.54) is 38.5 Å². The van der Waals surface area contributed by atoms with Gasteiger partial charge < -0.3 is 30.3 Å². The van der Waals surface area contributed by atoms with Crippen molar-refractivity contribution >= 4 is 17.4 Å². The number of benzene rings is 2. The van der Waals surface area contributed by atoms with Gasteiger partial charge in [0.15, 0.2) is 17.3 Å². The first-order valence-electron chi connectivity index (χ1n) is 6.49. The van der Waals surface area contributed by atoms with Gasteiger partial charge >= 0.3 is 11.8 Å². The Morgan fingerprint density at radius 2 is 1.96 bits per heavy atom. The summed E-state index contributed by atoms with van der Waals surface area (Å²) in [6, 6.07) is 5.90. The molecule has 2 amide bonds. The molecule has 0 heterocycles. The Morgan fingerprint density at radius 3 is 2.61 bits per heavy atom. The third kappa shape index (κ3) is 3.54. The van der Waals surface area contributed by atoms with Gasteiger partial charge in [0, 0.05) is 6.07 Å². The second-order valence-corrected chi connectivity index (χ2v) is 4.47. The van der Waals surface area contributed by atoms with Crippen LogP contribution in [0.25, 0.3) is 0 Å². The van der Waals surface area contributed by atoms with Crippen molar-refractivity contribution in [2.75, 3.05) is 24.9 Å². The molecule has 122 valence electrons. The van der Waals surface area contributed by atoms with Gasteiger partial charge in [-0.05, 0) is 12.1 Å². The van der Waals surface area contributed by atoms with Crippen LogP contribution in [-0.4, -0.2) is 30.5 Å². The minimum Gasteiger partial charge on any atom is -0.591 e. The molecule has 7 nitrogen and oxygen atoms in total. The van der Waals surface area contributed by atoms with E-state index < -0.39 is 17.6 Å². The van der Waals surface area contributed by atoms with E-state index in [9.17, 15) is 14.3 Å². The quantitative estimate of drug-likeness (QED) is 0.594. The number of nitrogens with one attached hydrogen (secondary N) is 2. The van der Waals surface area contributed by atoms with E-state index >= 15 is 0 Å². The maximum atomic E-state index is 13.2. The molecule has 5 N–H and O–H groups in total. The normalized spacial score (nSPS) is 10.0. The minimum atomic E-state index is -0.845. The zero-order valence-electron chi connectivity index (χ0n) is 12.4. The number of urea groups is 1. The molecule has 0 unspecified atom stereocenters. The van der Waals surface area contributed by atoms with Crippen LogP contribution in [0.5, 0.6) is 23.0 Å². The standard InChI is InChI=1S/C15H15FN2O5/c1-22-12-7-8(6-11(19)14(12)23-2)17-15(21)18-10-5-3-4-9(16)13(10)20/h3-7,19-20H,1-2H3,(H2,17,18,21)/p+1. The van der Waals surface area contributed by atoms with Gasteiger partial charge in [0.2, 0.25) is 0 Å². The summed E-state index contributed by atoms with van der Waals surface area (Å²) in [7, 11) is 2.81. The molecule has 0 spiro atoms. The van der Waals surface area contributed by atoms with Gasteiger partial charge in [-0.15, -0.1) is 0 Å². The molecular formula is C15H16FN2O5+. The summed E-state index contributed by atoms with van der Waals surface area (Å²) < 4.78 is 23.3. The molecule has 8 heteroatoms. The first kappa shape index (κ1) is 16.2. The van der Waals surface area contributed by atoms with Gasteiger partial charge in [-0.3, -0.25) is 0 Å². The van der Waals surface area contributed by atoms with Crippen LogP contribution in [0.2, 0.25) is 0 Å². The number of methoxy groups -OCH3 is 2. The van der Waals surface area contributed by atoms with Crippen molar-refractivity contribution in [3.8, 4) is 23.0 Å². The highest BCUT2D eigenvalue weighted by Crippen LogP contribution is 2.39. The number of hydrogen-bond acceptors (Lipinski definition) is 4. The first-order chi connectivity index (χ1) is 11.0. The lowest BCUT2D eigenvalue weighted by molar-refractivity contribution is 0.262. The number of para-hydroxylation sites is 1. The van der Waals surface area contributed by atoms with Crippen molar-refractivity contribution in [3.05, 3.63) is 36.1 Å². The fourth-order valence-electron chi connectivity index (χ4n) is 1.94. The number of phenols is 1. The van der Waals surface area contributed by atoms with Gasteiger partial charge in [-0.2, -0.15) is 0 Å². The fraction of sp³-hybridized carbons (Fsp3) is 0.133. The van der Waals surface area contributed by atoms with Crippen LogP contribution in [0.4, 0.5) is 20.6 Å². The predicted octanol–water partition coefficient (Wildman–Crippen LogP) is 2.63. The van der Waals surface area contributed by atoms with Gasteiger partial charge in [-0.1, -0.05) is 6.07 Å². The largest absolute Gasteiger partial charge is 0.591 e. The topological polar surface area (TPSA) is 103 Å². The number of amides is 2. The molecule has 2 aromatic carbocycles. The molecule has 0 atom stereocenters. The highest BCUT2D eigenvalue weighted by atomic mass is 19.1. The molecule has 0 aliphatic heterocycles. The Hall–Kier alpha value is -3.16. The van der Waals surface area contributed by atoms with Crippen molar-refractivity contribution in [3.63, 3.8) is 0 Å². The van der Waals surface area contributed by atoms with E-state index in [-0.39, 0.29) is 28.6 Å². The van der Waals surface area contributed by atoms with Gasteiger partial charge in [-0.25, -0.2) is 9.18 Å². The molecule has 2 aromatic rings. The molecule has 0 saturated carbocycles. The highest BCUT2D eigenvalue weighted by Gasteiger charge is 2.17. The van der Waals surface area contributed by atoms with Crippen LogP contribution < -0.4 is 20.1 Å². The second kappa shape index (κ2) is 6.73. The molecule has 0 bridgehead atoms. The number of carbonyl (C=O) groups is 1. The zero-order valence-corrected chi connectivity index (χ0v) is 12.4. The van der Waals surface area contributed by atoms with Crippen LogP contribution >= 0.6 is 0 Å². The maximum absolute atomic E-state index is 13.2. The van der Waals surface area contributed by atoms with Crippen LogP contribution in [0.1, 0.15) is 0 Å². The summed E-state index contributed by atoms with van der Waals surface area (Å²) in [4.78, 5) is 11.9. The molecule has 0 aliphatic carbocycles. The van der Waals surface area contributed by atoms with Crippen LogP contribution in [0.15, 0.2) is 30.3 Å². The number of halogens is 1. The third-order valence-electron chi connectivity index (χ3n) is 2.97. The van der Waals surface area contributed by atoms with E-state index in [1.807, 2.05) is 0 Å². The number of anilines is 2. The Bertz CT molecular complexity index is 736. The lowest BCUT2D eigenvalue weighted by Gasteiger charge is -2.12. The molecular weight excluding hydrogens is 307 g/mol. The van der Waals surface area contributed by atoms with E-state index in [1.54, 1.807) is 0 Å². The first-order valence-corrected chi connectivity index (χ1v) is 6.49. The van der Waals surface area contributed by atoms with Crippen LogP contribution in [0, 0.1) is 5.82 Å². The Balaban J connectivity index is 2.17. The van der Waals surface area contributed by atoms with E-state index in [0.29, 0.717) is 0 Å². The molecule has 0 aromatic heterocycles. The average molecular weight is 323 g/mol. The van der Waals surface area contributed by atoms with Gasteiger partial charge in [0.25, 0.3) is 5.75 Å². The van der Waals surface area contributed by atoms with Crippen molar-refractivity contribution < 1.29 is 28.9 Å². The SMILES string of the molecule is COc1cc(NC(=O)Nc2cccc(F)c2O)cc([OH2+])c1OC. The van der Waals surface area contributed by atoms with Crippen molar-refractivity contribution in [2.24, 2.45) is 0 Å². The fourth-order valence-corrected chi connectivity index (χ4v) is 1.94. The monoisotopic (exact) mass is 323 g/mol. The molecule has 0 saturated heterocycles. The van der Waals surface area contributed by atoms with Gasteiger partial charge in [0.05, 0.1) is 31.7 Å². The predicted molar refractivity (Wildman–Crippen MR) is 83.3 cm³/mol. The summed E-state index contributed by atoms with van der Waals surface area (Å²) in [6.45, 7) is 0. The smallest absolute Gasteiger partial charge is 0.323 e. The minimum absolute atomic E-state index is 0.0238. The molecule has 0 aliphatic rings. The highest BCUT2D eigenvalue weighted by molar-refractivity contribution is 6.01. The molecule has 0 fully saturated rings. The lowest BCUT2D eigenvalue weighted by Crippen LogP contribution is -2.19. The summed E-state index contributed by atoms with van der Waals surface area (Å²) in [5, 5.41) is 22.1. The second-order valence-electron chi connectivity index (χ2n) is 4.47. The number of phenolic OH excluding ortho intramolecular Hbond substituents is 1. The Morgan fingerprint density at radius 1 is 1.22 bits per heavy atom. The Labute approximate surface area is 131 Å². The summed E-state index contributed by atoms with van der Waals surface area (Å²) in [5.41, 5.74) is 0.204. The number of carbonyl (C=O) groups excluding carboxylic acids is 1. The average Bonchev–Trinajstić information content (AvgIpc) is 2.51. The third-order valence-corrected chi connectivity index (χ3v) is 2.97. The van der Waals surface area contributed by atoms with Crippen LogP contribution in [-0.2, 0) is 0 Å². The van der Waals surface area contributed by atoms with Crippen molar-refractivity contribution in [2.45, 2.75) is 0 Å². The summed E-state index contributed by atoms with van der Waals surface area (Å²) >= 11 is 0. The zero-order chi connectivity index (χ0) is 17.0. The van der Waals surface area contributed by atoms with E-state index in [0.717, 1.165) is 6.07 Å². The van der Waals surface area contributed by atoms with Crippen molar-refractivity contribution in [1.29, 1.82) is 0 Å². The maximum Gasteiger partial charge on any atom is 0.323 e. The number of aromatic hydroxyl groups is 1. The summed E-state index contributed by atoms with van der Waals surface area (Å²) in [6.07, 6.45) is 0. The summed E-state index contributed by atoms with van der Waals surface area (Å²) in [5.74, 6) is -0.959. The number of ether oxygens (including phenoxy) is 2. The molecule has 23 heavy (non-hydrogen) atoms. The number of rotatable bonds is 4. The van der Waals surface area contributed by atoms with E-state index in [2.05, 4.69) is 10.6 Å². The van der Waals surface area contributed by atoms with E-state index in [4.69, 9.17) is 14.6 Å². The van der Waals surface area contributed by atoms with Crippen molar-refractivity contribution in [1.82, 2.24) is 0 Å². The lowest BCUT2D eigenvalue weighted by atomic mass is 10.2. The number of hydrogen-bond donors (Lipinski definition) is 3.